The van der Waals surface area contributed by atoms with Gasteiger partial charge in [0.25, 0.3) is 0 Å². The van der Waals surface area contributed by atoms with Crippen molar-refractivity contribution in [2.24, 2.45) is 0 Å². The fourth-order valence-corrected chi connectivity index (χ4v) is 4.34. The number of likely N-dealkylation sites (N-methyl/N-ethyl adjacent to an activating group) is 1. The summed E-state index contributed by atoms with van der Waals surface area (Å²) in [5, 5.41) is 21.0. The molecule has 0 saturated heterocycles. The second kappa shape index (κ2) is 7.67. The molecule has 0 bridgehead atoms. The number of nitriles is 2. The van der Waals surface area contributed by atoms with Gasteiger partial charge in [-0.15, -0.1) is 11.3 Å². The third-order valence-electron chi connectivity index (χ3n) is 3.81. The molecular weight excluding hydrogens is 372 g/mol. The summed E-state index contributed by atoms with van der Waals surface area (Å²) >= 11 is 1.28. The highest BCUT2D eigenvalue weighted by Gasteiger charge is 2.24. The molecule has 0 fully saturated rings. The third-order valence-corrected chi connectivity index (χ3v) is 6.75. The van der Waals surface area contributed by atoms with Crippen molar-refractivity contribution in [1.82, 2.24) is 4.31 Å². The van der Waals surface area contributed by atoms with E-state index < -0.39 is 22.5 Å². The predicted molar refractivity (Wildman–Crippen MR) is 98.1 cm³/mol. The molecule has 1 amide bonds. The third kappa shape index (κ3) is 3.92. The number of nitrogens with one attached hydrogen (secondary N) is 1. The van der Waals surface area contributed by atoms with Crippen LogP contribution in [0, 0.1) is 36.5 Å². The van der Waals surface area contributed by atoms with E-state index >= 15 is 0 Å². The Hall–Kier alpha value is -2.72. The number of thiophene rings is 1. The number of hydrogen-bond acceptors (Lipinski definition) is 6. The van der Waals surface area contributed by atoms with Crippen LogP contribution < -0.4 is 5.32 Å². The molecule has 0 aliphatic carbocycles. The van der Waals surface area contributed by atoms with Gasteiger partial charge in [0.2, 0.25) is 15.9 Å². The molecule has 0 aliphatic heterocycles. The summed E-state index contributed by atoms with van der Waals surface area (Å²) < 4.78 is 25.9. The van der Waals surface area contributed by atoms with Crippen molar-refractivity contribution >= 4 is 32.3 Å². The van der Waals surface area contributed by atoms with E-state index in [-0.39, 0.29) is 4.90 Å². The number of benzene rings is 1. The molecule has 1 N–H and O–H groups in total. The van der Waals surface area contributed by atoms with Gasteiger partial charge in [0.05, 0.1) is 28.6 Å². The van der Waals surface area contributed by atoms with E-state index in [1.54, 1.807) is 6.92 Å². The molecule has 0 saturated carbocycles. The van der Waals surface area contributed by atoms with Gasteiger partial charge in [-0.25, -0.2) is 8.42 Å². The van der Waals surface area contributed by atoms with Crippen molar-refractivity contribution in [1.29, 1.82) is 10.5 Å². The highest BCUT2D eigenvalue weighted by atomic mass is 32.2. The zero-order chi connectivity index (χ0) is 19.5. The van der Waals surface area contributed by atoms with Crippen LogP contribution in [0.2, 0.25) is 0 Å². The number of anilines is 1. The van der Waals surface area contributed by atoms with E-state index in [1.165, 1.54) is 42.6 Å². The maximum absolute atomic E-state index is 12.5. The van der Waals surface area contributed by atoms with Gasteiger partial charge in [0, 0.05) is 11.9 Å². The first-order chi connectivity index (χ1) is 12.2. The highest BCUT2D eigenvalue weighted by molar-refractivity contribution is 7.89. The molecule has 2 aromatic rings. The van der Waals surface area contributed by atoms with Crippen molar-refractivity contribution < 1.29 is 13.2 Å². The number of aryl methyl sites for hydroxylation is 1. The normalized spacial score (nSPS) is 11.0. The lowest BCUT2D eigenvalue weighted by molar-refractivity contribution is -0.116. The maximum atomic E-state index is 12.5. The molecule has 0 spiro atoms. The Kier molecular flexibility index (Phi) is 5.78. The molecule has 0 unspecified atom stereocenters. The fraction of sp³-hybridized carbons (Fsp3) is 0.235. The largest absolute Gasteiger partial charge is 0.315 e. The van der Waals surface area contributed by atoms with Gasteiger partial charge >= 0.3 is 0 Å². The van der Waals surface area contributed by atoms with Crippen LogP contribution in [-0.2, 0) is 14.8 Å². The van der Waals surface area contributed by atoms with Gasteiger partial charge in [-0.2, -0.15) is 14.8 Å². The van der Waals surface area contributed by atoms with E-state index in [1.807, 2.05) is 19.1 Å². The monoisotopic (exact) mass is 388 g/mol. The maximum Gasteiger partial charge on any atom is 0.243 e. The second-order valence-corrected chi connectivity index (χ2v) is 8.81. The van der Waals surface area contributed by atoms with E-state index in [2.05, 4.69) is 5.32 Å². The van der Waals surface area contributed by atoms with Gasteiger partial charge in [-0.3, -0.25) is 4.79 Å². The Bertz CT molecular complexity index is 1030. The summed E-state index contributed by atoms with van der Waals surface area (Å²) in [6, 6.07) is 9.40. The number of carbonyl (C=O) groups excluding carboxylic acids is 1. The van der Waals surface area contributed by atoms with Crippen LogP contribution in [0.1, 0.15) is 21.6 Å². The van der Waals surface area contributed by atoms with Crippen LogP contribution in [0.15, 0.2) is 29.2 Å². The predicted octanol–water partition coefficient (Wildman–Crippen LogP) is 2.37. The molecule has 26 heavy (non-hydrogen) atoms. The van der Waals surface area contributed by atoms with Gasteiger partial charge in [-0.1, -0.05) is 0 Å². The Labute approximate surface area is 156 Å². The fourth-order valence-electron chi connectivity index (χ4n) is 2.18. The molecular formula is C17H16N4O3S2. The van der Waals surface area contributed by atoms with Crippen molar-refractivity contribution in [3.8, 4) is 12.1 Å². The first-order valence-electron chi connectivity index (χ1n) is 7.47. The Morgan fingerprint density at radius 1 is 1.19 bits per heavy atom. The number of sulfonamides is 1. The molecule has 9 heteroatoms. The number of hydrogen-bond donors (Lipinski definition) is 1. The van der Waals surface area contributed by atoms with Crippen molar-refractivity contribution in [2.75, 3.05) is 18.9 Å². The van der Waals surface area contributed by atoms with Gasteiger partial charge in [-0.05, 0) is 43.7 Å². The lowest BCUT2D eigenvalue weighted by Crippen LogP contribution is -2.34. The molecule has 1 aromatic carbocycles. The lowest BCUT2D eigenvalue weighted by atomic mass is 10.2. The minimum Gasteiger partial charge on any atom is -0.315 e. The van der Waals surface area contributed by atoms with Crippen LogP contribution in [-0.4, -0.2) is 32.2 Å². The summed E-state index contributed by atoms with van der Waals surface area (Å²) in [6.07, 6.45) is 0. The van der Waals surface area contributed by atoms with E-state index in [0.717, 1.165) is 14.7 Å². The lowest BCUT2D eigenvalue weighted by Gasteiger charge is -2.16. The summed E-state index contributed by atoms with van der Waals surface area (Å²) in [7, 11) is -2.57. The van der Waals surface area contributed by atoms with Crippen molar-refractivity contribution in [3.63, 3.8) is 0 Å². The summed E-state index contributed by atoms with van der Waals surface area (Å²) in [4.78, 5) is 13.1. The van der Waals surface area contributed by atoms with E-state index in [9.17, 15) is 18.5 Å². The zero-order valence-corrected chi connectivity index (χ0v) is 16.0. The van der Waals surface area contributed by atoms with Gasteiger partial charge in [0.1, 0.15) is 11.1 Å². The Morgan fingerprint density at radius 3 is 2.35 bits per heavy atom. The van der Waals surface area contributed by atoms with Gasteiger partial charge in [0.15, 0.2) is 0 Å². The van der Waals surface area contributed by atoms with Crippen LogP contribution in [0.3, 0.4) is 0 Å². The summed E-state index contributed by atoms with van der Waals surface area (Å²) in [6.45, 7) is 3.24. The van der Waals surface area contributed by atoms with Crippen molar-refractivity contribution in [2.45, 2.75) is 18.7 Å². The number of nitrogens with zero attached hydrogens (tertiary/aromatic N) is 3. The Balaban J connectivity index is 2.14. The number of carbonyl (C=O) groups is 1. The first kappa shape index (κ1) is 19.6. The SMILES string of the molecule is Cc1sc(NC(=O)CN(C)S(=O)(=O)c2ccc(C#N)cc2)c(C#N)c1C. The number of amides is 1. The zero-order valence-electron chi connectivity index (χ0n) is 14.4. The molecule has 134 valence electrons. The highest BCUT2D eigenvalue weighted by Crippen LogP contribution is 2.31. The average Bonchev–Trinajstić information content (AvgIpc) is 2.87. The Morgan fingerprint density at radius 2 is 1.81 bits per heavy atom. The minimum absolute atomic E-state index is 0.00711. The summed E-state index contributed by atoms with van der Waals surface area (Å²) in [5.74, 6) is -0.539. The average molecular weight is 388 g/mol. The van der Waals surface area contributed by atoms with Crippen LogP contribution in [0.4, 0.5) is 5.00 Å². The number of rotatable bonds is 5. The molecule has 0 aliphatic rings. The quantitative estimate of drug-likeness (QED) is 0.844. The molecule has 1 heterocycles. The standard InChI is InChI=1S/C17H16N4O3S2/c1-11-12(2)25-17(15(11)9-19)20-16(22)10-21(3)26(23,24)14-6-4-13(8-18)5-7-14/h4-7H,10H2,1-3H3,(H,20,22). The molecule has 0 radical (unpaired) electrons. The van der Waals surface area contributed by atoms with Gasteiger partial charge < -0.3 is 5.32 Å². The molecule has 1 aromatic heterocycles. The molecule has 7 nitrogen and oxygen atoms in total. The van der Waals surface area contributed by atoms with E-state index in [4.69, 9.17) is 5.26 Å². The van der Waals surface area contributed by atoms with E-state index in [0.29, 0.717) is 16.1 Å². The van der Waals surface area contributed by atoms with Crippen LogP contribution in [0.25, 0.3) is 0 Å². The van der Waals surface area contributed by atoms with Crippen molar-refractivity contribution in [3.05, 3.63) is 45.8 Å². The summed E-state index contributed by atoms with van der Waals surface area (Å²) in [5.41, 5.74) is 1.53. The van der Waals surface area contributed by atoms with Crippen LogP contribution in [0.5, 0.6) is 0 Å². The smallest absolute Gasteiger partial charge is 0.243 e. The minimum atomic E-state index is -3.87. The topological polar surface area (TPSA) is 114 Å². The van der Waals surface area contributed by atoms with Crippen LogP contribution >= 0.6 is 11.3 Å². The molecule has 0 atom stereocenters. The first-order valence-corrected chi connectivity index (χ1v) is 9.72. The molecule has 2 rings (SSSR count). The second-order valence-electron chi connectivity index (χ2n) is 5.54.